The molecule has 0 bridgehead atoms. The van der Waals surface area contributed by atoms with Gasteiger partial charge in [0.1, 0.15) is 6.29 Å². The Morgan fingerprint density at radius 2 is 1.38 bits per heavy atom. The molecule has 1 aromatic carbocycles. The van der Waals surface area contributed by atoms with Crippen LogP contribution >= 0.6 is 0 Å². The van der Waals surface area contributed by atoms with Gasteiger partial charge in [-0.1, -0.05) is 37.5 Å². The third-order valence-corrected chi connectivity index (χ3v) is 2.52. The Balaban J connectivity index is 2.81. The summed E-state index contributed by atoms with van der Waals surface area (Å²) in [5.41, 5.74) is 5.75. The lowest BCUT2D eigenvalue weighted by Gasteiger charge is -2.07. The van der Waals surface area contributed by atoms with Crippen molar-refractivity contribution in [2.24, 2.45) is 0 Å². The molecule has 1 aromatic rings. The van der Waals surface area contributed by atoms with Gasteiger partial charge in [0.2, 0.25) is 0 Å². The number of ether oxygens (including phenoxy) is 2. The number of hydrogen-bond donors (Lipinski definition) is 0. The standard InChI is InChI=1S/C21H18O3/c1-3-5-7-9-11-15-23-20-14-13-19(18-22)17-21(20)24-16-12-10-8-6-4-2/h5-18H,1-2H2/b9-7+,10-8-,15-11-,16-12+. The average Bonchev–Trinajstić information content (AvgIpc) is 2.61. The zero-order valence-corrected chi connectivity index (χ0v) is 13.2. The summed E-state index contributed by atoms with van der Waals surface area (Å²) in [4.78, 5) is 10.9. The molecule has 0 amide bonds. The topological polar surface area (TPSA) is 35.5 Å². The fourth-order valence-electron chi connectivity index (χ4n) is 1.48. The van der Waals surface area contributed by atoms with Crippen LogP contribution in [0.15, 0.2) is 104 Å². The second-order valence-corrected chi connectivity index (χ2v) is 4.23. The SMILES string of the molecule is C=C=C/C=C\C=C\Oc1cc(C=O)ccc1O/C=C\C=C\C=C=C. The number of benzene rings is 1. The van der Waals surface area contributed by atoms with E-state index in [1.54, 1.807) is 66.8 Å². The summed E-state index contributed by atoms with van der Waals surface area (Å²) in [7, 11) is 0. The van der Waals surface area contributed by atoms with Crippen LogP contribution in [-0.2, 0) is 0 Å². The first-order valence-electron chi connectivity index (χ1n) is 7.09. The van der Waals surface area contributed by atoms with Crippen molar-refractivity contribution in [3.63, 3.8) is 0 Å². The molecule has 0 saturated heterocycles. The van der Waals surface area contributed by atoms with Gasteiger partial charge in [-0.2, -0.15) is 0 Å². The van der Waals surface area contributed by atoms with Crippen LogP contribution in [0.4, 0.5) is 0 Å². The molecule has 120 valence electrons. The maximum absolute atomic E-state index is 10.9. The van der Waals surface area contributed by atoms with Gasteiger partial charge >= 0.3 is 0 Å². The molecule has 0 aromatic heterocycles. The lowest BCUT2D eigenvalue weighted by Crippen LogP contribution is -1.91. The predicted molar refractivity (Wildman–Crippen MR) is 97.1 cm³/mol. The first-order chi connectivity index (χ1) is 11.8. The van der Waals surface area contributed by atoms with Crippen LogP contribution in [0.25, 0.3) is 0 Å². The zero-order valence-electron chi connectivity index (χ0n) is 13.2. The fourth-order valence-corrected chi connectivity index (χ4v) is 1.48. The minimum atomic E-state index is 0.433. The normalized spacial score (nSPS) is 10.8. The van der Waals surface area contributed by atoms with Gasteiger partial charge in [-0.05, 0) is 42.5 Å². The van der Waals surface area contributed by atoms with E-state index in [4.69, 9.17) is 9.47 Å². The first-order valence-corrected chi connectivity index (χ1v) is 7.09. The molecule has 0 heterocycles. The van der Waals surface area contributed by atoms with Gasteiger partial charge in [-0.15, -0.1) is 11.5 Å². The Hall–Kier alpha value is -3.51. The second kappa shape index (κ2) is 12.1. The average molecular weight is 318 g/mol. The summed E-state index contributed by atoms with van der Waals surface area (Å²) >= 11 is 0. The predicted octanol–water partition coefficient (Wildman–Crippen LogP) is 5.08. The summed E-state index contributed by atoms with van der Waals surface area (Å²) in [5, 5.41) is 0. The van der Waals surface area contributed by atoms with E-state index in [-0.39, 0.29) is 0 Å². The van der Waals surface area contributed by atoms with Crippen LogP contribution in [0.3, 0.4) is 0 Å². The Labute approximate surface area is 142 Å². The molecule has 0 saturated carbocycles. The molecule has 24 heavy (non-hydrogen) atoms. The van der Waals surface area contributed by atoms with Crippen molar-refractivity contribution in [1.29, 1.82) is 0 Å². The van der Waals surface area contributed by atoms with Crippen molar-refractivity contribution in [2.75, 3.05) is 0 Å². The first kappa shape index (κ1) is 18.5. The van der Waals surface area contributed by atoms with Gasteiger partial charge in [0.25, 0.3) is 0 Å². The fraction of sp³-hybridized carbons (Fsp3) is 0. The van der Waals surface area contributed by atoms with E-state index in [2.05, 4.69) is 24.6 Å². The number of rotatable bonds is 9. The van der Waals surface area contributed by atoms with Crippen LogP contribution in [0.5, 0.6) is 11.5 Å². The number of carbonyl (C=O) groups is 1. The summed E-state index contributed by atoms with van der Waals surface area (Å²) in [5.74, 6) is 0.923. The van der Waals surface area contributed by atoms with Crippen molar-refractivity contribution >= 4 is 6.29 Å². The molecule has 0 aliphatic rings. The third kappa shape index (κ3) is 7.48. The minimum absolute atomic E-state index is 0.433. The van der Waals surface area contributed by atoms with E-state index in [9.17, 15) is 4.79 Å². The van der Waals surface area contributed by atoms with E-state index in [0.717, 1.165) is 6.29 Å². The number of allylic oxidation sites excluding steroid dienone is 8. The molecule has 0 N–H and O–H groups in total. The highest BCUT2D eigenvalue weighted by atomic mass is 16.5. The molecule has 0 unspecified atom stereocenters. The van der Waals surface area contributed by atoms with Crippen LogP contribution in [0.1, 0.15) is 10.4 Å². The molecule has 0 fully saturated rings. The van der Waals surface area contributed by atoms with E-state index in [0.29, 0.717) is 17.1 Å². The van der Waals surface area contributed by atoms with Crippen LogP contribution < -0.4 is 9.47 Å². The lowest BCUT2D eigenvalue weighted by molar-refractivity contribution is 0.112. The van der Waals surface area contributed by atoms with E-state index < -0.39 is 0 Å². The van der Waals surface area contributed by atoms with Gasteiger partial charge in [0.15, 0.2) is 11.5 Å². The van der Waals surface area contributed by atoms with E-state index in [1.807, 2.05) is 0 Å². The Bertz CT molecular complexity index is 751. The molecule has 0 aliphatic carbocycles. The molecule has 0 aliphatic heterocycles. The summed E-state index contributed by atoms with van der Waals surface area (Å²) in [6, 6.07) is 4.92. The molecule has 0 spiro atoms. The van der Waals surface area contributed by atoms with Gasteiger partial charge in [-0.25, -0.2) is 0 Å². The van der Waals surface area contributed by atoms with Crippen molar-refractivity contribution in [2.45, 2.75) is 0 Å². The molecular formula is C21H18O3. The van der Waals surface area contributed by atoms with Crippen molar-refractivity contribution in [3.8, 4) is 11.5 Å². The summed E-state index contributed by atoms with van der Waals surface area (Å²) in [6.45, 7) is 6.91. The highest BCUT2D eigenvalue weighted by Gasteiger charge is 2.04. The Morgan fingerprint density at radius 3 is 1.92 bits per heavy atom. The molecular weight excluding hydrogens is 300 g/mol. The lowest BCUT2D eigenvalue weighted by atomic mass is 10.2. The molecule has 1 rings (SSSR count). The Morgan fingerprint density at radius 1 is 0.792 bits per heavy atom. The number of hydrogen-bond acceptors (Lipinski definition) is 3. The summed E-state index contributed by atoms with van der Waals surface area (Å²) in [6.07, 6.45) is 17.6. The van der Waals surface area contributed by atoms with Gasteiger partial charge in [0, 0.05) is 5.56 Å². The van der Waals surface area contributed by atoms with Crippen molar-refractivity contribution in [3.05, 3.63) is 110 Å². The molecule has 3 heteroatoms. The van der Waals surface area contributed by atoms with Crippen LogP contribution in [0.2, 0.25) is 0 Å². The number of carbonyl (C=O) groups excluding carboxylic acids is 1. The molecule has 3 nitrogen and oxygen atoms in total. The maximum Gasteiger partial charge on any atom is 0.169 e. The summed E-state index contributed by atoms with van der Waals surface area (Å²) < 4.78 is 11.0. The monoisotopic (exact) mass is 318 g/mol. The second-order valence-electron chi connectivity index (χ2n) is 4.23. The zero-order chi connectivity index (χ0) is 17.5. The van der Waals surface area contributed by atoms with Crippen LogP contribution in [-0.4, -0.2) is 6.29 Å². The van der Waals surface area contributed by atoms with Gasteiger partial charge in [-0.3, -0.25) is 4.79 Å². The largest absolute Gasteiger partial charge is 0.461 e. The minimum Gasteiger partial charge on any atom is -0.461 e. The van der Waals surface area contributed by atoms with Crippen molar-refractivity contribution in [1.82, 2.24) is 0 Å². The highest BCUT2D eigenvalue weighted by molar-refractivity contribution is 5.76. The Kier molecular flexibility index (Phi) is 9.33. The van der Waals surface area contributed by atoms with Crippen molar-refractivity contribution < 1.29 is 14.3 Å². The molecule has 0 radical (unpaired) electrons. The third-order valence-electron chi connectivity index (χ3n) is 2.52. The van der Waals surface area contributed by atoms with E-state index >= 15 is 0 Å². The van der Waals surface area contributed by atoms with E-state index in [1.165, 1.54) is 12.5 Å². The maximum atomic E-state index is 10.9. The van der Waals surface area contributed by atoms with Crippen LogP contribution in [0, 0.1) is 0 Å². The van der Waals surface area contributed by atoms with Gasteiger partial charge < -0.3 is 9.47 Å². The quantitative estimate of drug-likeness (QED) is 0.276. The number of aldehydes is 1. The smallest absolute Gasteiger partial charge is 0.169 e. The van der Waals surface area contributed by atoms with Gasteiger partial charge in [0.05, 0.1) is 12.5 Å². The molecule has 0 atom stereocenters. The highest BCUT2D eigenvalue weighted by Crippen LogP contribution is 2.28.